The van der Waals surface area contributed by atoms with Crippen molar-refractivity contribution in [2.75, 3.05) is 27.3 Å². The van der Waals surface area contributed by atoms with Gasteiger partial charge < -0.3 is 20.1 Å². The molecule has 0 fully saturated rings. The fraction of sp³-hybridized carbons (Fsp3) is 0.467. The summed E-state index contributed by atoms with van der Waals surface area (Å²) in [7, 11) is 3.38. The van der Waals surface area contributed by atoms with E-state index in [0.717, 1.165) is 11.3 Å². The molecule has 0 heterocycles. The van der Waals surface area contributed by atoms with Crippen molar-refractivity contribution in [2.24, 2.45) is 5.73 Å². The first kappa shape index (κ1) is 17.4. The second kappa shape index (κ2) is 9.31. The quantitative estimate of drug-likeness (QED) is 0.704. The Labute approximate surface area is 131 Å². The molecular formula is C15H22N2O3S. The summed E-state index contributed by atoms with van der Waals surface area (Å²) < 4.78 is 10.7. The van der Waals surface area contributed by atoms with E-state index >= 15 is 0 Å². The maximum Gasteiger partial charge on any atom is 0.225 e. The smallest absolute Gasteiger partial charge is 0.225 e. The minimum absolute atomic E-state index is 0.0132. The summed E-state index contributed by atoms with van der Waals surface area (Å²) in [4.78, 5) is 13.9. The van der Waals surface area contributed by atoms with Crippen LogP contribution in [-0.4, -0.2) is 43.1 Å². The Morgan fingerprint density at radius 2 is 2.14 bits per heavy atom. The van der Waals surface area contributed by atoms with Crippen molar-refractivity contribution in [3.8, 4) is 5.75 Å². The maximum atomic E-state index is 11.9. The van der Waals surface area contributed by atoms with Crippen LogP contribution in [0, 0.1) is 0 Å². The summed E-state index contributed by atoms with van der Waals surface area (Å²) in [5.74, 6) is 0.752. The van der Waals surface area contributed by atoms with E-state index in [9.17, 15) is 4.79 Å². The fourth-order valence-electron chi connectivity index (χ4n) is 1.74. The Balaban J connectivity index is 2.33. The van der Waals surface area contributed by atoms with Gasteiger partial charge in [-0.3, -0.25) is 4.79 Å². The van der Waals surface area contributed by atoms with Gasteiger partial charge >= 0.3 is 0 Å². The molecule has 1 aromatic rings. The predicted octanol–water partition coefficient (Wildman–Crippen LogP) is 1.74. The first-order valence-electron chi connectivity index (χ1n) is 6.76. The zero-order chi connectivity index (χ0) is 15.7. The molecule has 5 nitrogen and oxygen atoms in total. The molecule has 0 aromatic heterocycles. The molecule has 0 aliphatic rings. The third-order valence-corrected chi connectivity index (χ3v) is 3.12. The van der Waals surface area contributed by atoms with Crippen molar-refractivity contribution in [1.29, 1.82) is 0 Å². The Morgan fingerprint density at radius 3 is 2.81 bits per heavy atom. The number of nitrogens with two attached hydrogens (primary N) is 1. The third-order valence-electron chi connectivity index (χ3n) is 2.91. The highest BCUT2D eigenvalue weighted by atomic mass is 32.1. The third kappa shape index (κ3) is 7.06. The van der Waals surface area contributed by atoms with Gasteiger partial charge in [0.2, 0.25) is 5.91 Å². The number of carbonyl (C=O) groups is 1. The number of hydrogen-bond donors (Lipinski definition) is 1. The summed E-state index contributed by atoms with van der Waals surface area (Å²) in [5.41, 5.74) is 6.45. The lowest BCUT2D eigenvalue weighted by molar-refractivity contribution is -0.130. The van der Waals surface area contributed by atoms with Gasteiger partial charge in [-0.1, -0.05) is 24.4 Å². The van der Waals surface area contributed by atoms with Crippen LogP contribution in [0.15, 0.2) is 24.3 Å². The first-order chi connectivity index (χ1) is 10.0. The highest BCUT2D eigenvalue weighted by molar-refractivity contribution is 7.80. The van der Waals surface area contributed by atoms with Gasteiger partial charge in [0.15, 0.2) is 0 Å². The lowest BCUT2D eigenvalue weighted by atomic mass is 10.2. The molecular weight excluding hydrogens is 288 g/mol. The maximum absolute atomic E-state index is 11.9. The monoisotopic (exact) mass is 310 g/mol. The normalized spacial score (nSPS) is 10.2. The highest BCUT2D eigenvalue weighted by Gasteiger charge is 2.09. The van der Waals surface area contributed by atoms with Crippen LogP contribution >= 0.6 is 12.2 Å². The summed E-state index contributed by atoms with van der Waals surface area (Å²) in [6, 6.07) is 7.63. The molecule has 0 bridgehead atoms. The molecule has 6 heteroatoms. The van der Waals surface area contributed by atoms with E-state index in [0.29, 0.717) is 37.6 Å². The zero-order valence-electron chi connectivity index (χ0n) is 12.5. The van der Waals surface area contributed by atoms with Gasteiger partial charge in [0.25, 0.3) is 0 Å². The second-order valence-electron chi connectivity index (χ2n) is 4.71. The predicted molar refractivity (Wildman–Crippen MR) is 86.3 cm³/mol. The molecule has 0 aliphatic heterocycles. The van der Waals surface area contributed by atoms with Crippen LogP contribution in [0.4, 0.5) is 0 Å². The molecule has 0 unspecified atom stereocenters. The summed E-state index contributed by atoms with van der Waals surface area (Å²) in [6.07, 6.45) is 0.861. The van der Waals surface area contributed by atoms with Crippen LogP contribution in [0.3, 0.4) is 0 Å². The van der Waals surface area contributed by atoms with Crippen LogP contribution in [0.2, 0.25) is 0 Å². The average Bonchev–Trinajstić information content (AvgIpc) is 2.45. The SMILES string of the molecule is COCc1cccc(OCCC(=O)N(C)CCC(N)=S)c1. The van der Waals surface area contributed by atoms with Crippen LogP contribution < -0.4 is 10.5 Å². The van der Waals surface area contributed by atoms with E-state index < -0.39 is 0 Å². The largest absolute Gasteiger partial charge is 0.493 e. The number of methoxy groups -OCH3 is 1. The van der Waals surface area contributed by atoms with Crippen molar-refractivity contribution in [3.05, 3.63) is 29.8 Å². The van der Waals surface area contributed by atoms with E-state index in [1.165, 1.54) is 0 Å². The number of nitrogens with zero attached hydrogens (tertiary/aromatic N) is 1. The number of carbonyl (C=O) groups excluding carboxylic acids is 1. The number of thiocarbonyl (C=S) groups is 1. The Morgan fingerprint density at radius 1 is 1.38 bits per heavy atom. The first-order valence-corrected chi connectivity index (χ1v) is 7.16. The van der Waals surface area contributed by atoms with Gasteiger partial charge in [0.05, 0.1) is 24.6 Å². The van der Waals surface area contributed by atoms with Crippen LogP contribution in [0.25, 0.3) is 0 Å². The van der Waals surface area contributed by atoms with E-state index in [-0.39, 0.29) is 5.91 Å². The minimum atomic E-state index is 0.0132. The van der Waals surface area contributed by atoms with Crippen molar-refractivity contribution >= 4 is 23.1 Å². The molecule has 1 rings (SSSR count). The van der Waals surface area contributed by atoms with E-state index in [2.05, 4.69) is 0 Å². The van der Waals surface area contributed by atoms with Gasteiger partial charge in [0.1, 0.15) is 5.75 Å². The minimum Gasteiger partial charge on any atom is -0.493 e. The number of amides is 1. The zero-order valence-corrected chi connectivity index (χ0v) is 13.3. The van der Waals surface area contributed by atoms with Crippen molar-refractivity contribution in [3.63, 3.8) is 0 Å². The molecule has 0 atom stereocenters. The molecule has 0 aliphatic carbocycles. The molecule has 1 amide bonds. The standard InChI is InChI=1S/C15H22N2O3S/c1-17(8-6-14(16)21)15(18)7-9-20-13-5-3-4-12(10-13)11-19-2/h3-5,10H,6-9,11H2,1-2H3,(H2,16,21). The topological polar surface area (TPSA) is 64.8 Å². The molecule has 2 N–H and O–H groups in total. The van der Waals surface area contributed by atoms with Crippen LogP contribution in [0.5, 0.6) is 5.75 Å². The van der Waals surface area contributed by atoms with Gasteiger partial charge in [0, 0.05) is 27.1 Å². The summed E-state index contributed by atoms with van der Waals surface area (Å²) >= 11 is 4.79. The molecule has 21 heavy (non-hydrogen) atoms. The van der Waals surface area contributed by atoms with Crippen molar-refractivity contribution < 1.29 is 14.3 Å². The summed E-state index contributed by atoms with van der Waals surface area (Å²) in [6.45, 7) is 1.42. The van der Waals surface area contributed by atoms with Gasteiger partial charge in [-0.15, -0.1) is 0 Å². The van der Waals surface area contributed by atoms with Gasteiger partial charge in [-0.2, -0.15) is 0 Å². The number of rotatable bonds is 9. The van der Waals surface area contributed by atoms with E-state index in [1.54, 1.807) is 19.1 Å². The molecule has 1 aromatic carbocycles. The Hall–Kier alpha value is -1.66. The lowest BCUT2D eigenvalue weighted by Gasteiger charge is -2.17. The summed E-state index contributed by atoms with van der Waals surface area (Å²) in [5, 5.41) is 0. The van der Waals surface area contributed by atoms with Crippen LogP contribution in [0.1, 0.15) is 18.4 Å². The number of benzene rings is 1. The number of ether oxygens (including phenoxy) is 2. The van der Waals surface area contributed by atoms with Crippen molar-refractivity contribution in [1.82, 2.24) is 4.90 Å². The fourth-order valence-corrected chi connectivity index (χ4v) is 1.83. The van der Waals surface area contributed by atoms with Gasteiger partial charge in [-0.25, -0.2) is 0 Å². The Kier molecular flexibility index (Phi) is 7.71. The van der Waals surface area contributed by atoms with Gasteiger partial charge in [-0.05, 0) is 17.7 Å². The van der Waals surface area contributed by atoms with E-state index in [1.807, 2.05) is 24.3 Å². The molecule has 0 spiro atoms. The lowest BCUT2D eigenvalue weighted by Crippen LogP contribution is -2.30. The Bertz CT molecular complexity index is 480. The second-order valence-corrected chi connectivity index (χ2v) is 5.23. The average molecular weight is 310 g/mol. The molecule has 0 saturated heterocycles. The van der Waals surface area contributed by atoms with Crippen LogP contribution in [-0.2, 0) is 16.1 Å². The molecule has 0 radical (unpaired) electrons. The van der Waals surface area contributed by atoms with Crippen molar-refractivity contribution in [2.45, 2.75) is 19.4 Å². The highest BCUT2D eigenvalue weighted by Crippen LogP contribution is 2.14. The number of hydrogen-bond acceptors (Lipinski definition) is 4. The van der Waals surface area contributed by atoms with E-state index in [4.69, 9.17) is 27.4 Å². The molecule has 116 valence electrons. The molecule has 0 saturated carbocycles.